The highest BCUT2D eigenvalue weighted by molar-refractivity contribution is 7.86. The maximum atomic E-state index is 11.5. The van der Waals surface area contributed by atoms with E-state index in [0.29, 0.717) is 5.69 Å². The van der Waals surface area contributed by atoms with Gasteiger partial charge in [-0.3, -0.25) is 9.11 Å². The molecule has 2 aromatic rings. The predicted octanol–water partition coefficient (Wildman–Crippen LogP) is 0.769. The van der Waals surface area contributed by atoms with Crippen molar-refractivity contribution in [3.8, 4) is 11.5 Å². The van der Waals surface area contributed by atoms with E-state index in [4.69, 9.17) is 25.5 Å². The number of anilines is 2. The zero-order chi connectivity index (χ0) is 19.5. The molecule has 0 radical (unpaired) electrons. The van der Waals surface area contributed by atoms with Crippen molar-refractivity contribution >= 4 is 31.6 Å². The second-order valence-corrected chi connectivity index (χ2v) is 8.05. The minimum absolute atomic E-state index is 0.0238. The van der Waals surface area contributed by atoms with Crippen molar-refractivity contribution in [2.24, 2.45) is 0 Å². The van der Waals surface area contributed by atoms with Crippen LogP contribution < -0.4 is 20.9 Å². The summed E-state index contributed by atoms with van der Waals surface area (Å²) in [5, 5.41) is 0. The Labute approximate surface area is 149 Å². The smallest absolute Gasteiger partial charge is 0.298 e. The number of rotatable bonds is 7. The highest BCUT2D eigenvalue weighted by Gasteiger charge is 2.25. The minimum Gasteiger partial charge on any atom is -0.454 e. The van der Waals surface area contributed by atoms with Crippen LogP contribution in [0, 0.1) is 0 Å². The summed E-state index contributed by atoms with van der Waals surface area (Å²) in [4.78, 5) is -0.682. The summed E-state index contributed by atoms with van der Waals surface area (Å²) in [5.74, 6) is -1.27. The Hall–Kier alpha value is -2.54. The van der Waals surface area contributed by atoms with Gasteiger partial charge in [-0.15, -0.1) is 0 Å². The molecule has 0 spiro atoms. The summed E-state index contributed by atoms with van der Waals surface area (Å²) in [6.07, 6.45) is -1.63. The van der Waals surface area contributed by atoms with E-state index >= 15 is 0 Å². The van der Waals surface area contributed by atoms with E-state index in [1.165, 1.54) is 30.3 Å². The summed E-state index contributed by atoms with van der Waals surface area (Å²) < 4.78 is 74.2. The van der Waals surface area contributed by atoms with Crippen molar-refractivity contribution in [3.63, 3.8) is 0 Å². The molecule has 1 unspecified atom stereocenters. The van der Waals surface area contributed by atoms with Crippen LogP contribution in [0.15, 0.2) is 47.4 Å². The van der Waals surface area contributed by atoms with Gasteiger partial charge in [-0.05, 0) is 42.5 Å². The van der Waals surface area contributed by atoms with Crippen LogP contribution in [0.4, 0.5) is 11.4 Å². The molecule has 0 heterocycles. The molecule has 0 amide bonds. The zero-order valence-electron chi connectivity index (χ0n) is 13.1. The maximum absolute atomic E-state index is 11.5. The fourth-order valence-electron chi connectivity index (χ4n) is 1.93. The molecule has 10 nitrogen and oxygen atoms in total. The summed E-state index contributed by atoms with van der Waals surface area (Å²) in [7, 11) is -9.25. The number of benzene rings is 2. The van der Waals surface area contributed by atoms with Crippen LogP contribution in [0.1, 0.15) is 0 Å². The molecule has 6 N–H and O–H groups in total. The van der Waals surface area contributed by atoms with Crippen LogP contribution in [0.2, 0.25) is 0 Å². The van der Waals surface area contributed by atoms with Gasteiger partial charge in [0.2, 0.25) is 0 Å². The van der Waals surface area contributed by atoms with Crippen molar-refractivity contribution in [2.45, 2.75) is 11.2 Å². The Morgan fingerprint density at radius 2 is 1.46 bits per heavy atom. The average Bonchev–Trinajstić information content (AvgIpc) is 2.48. The highest BCUT2D eigenvalue weighted by atomic mass is 32.2. The lowest BCUT2D eigenvalue weighted by Gasteiger charge is -2.20. The number of nitrogens with two attached hydrogens (primary N) is 2. The molecule has 12 heteroatoms. The van der Waals surface area contributed by atoms with E-state index in [1.54, 1.807) is 0 Å². The van der Waals surface area contributed by atoms with Crippen molar-refractivity contribution in [1.82, 2.24) is 0 Å². The normalized spacial score (nSPS) is 13.2. The first-order valence-electron chi connectivity index (χ1n) is 6.95. The Kier molecular flexibility index (Phi) is 5.61. The molecule has 0 fully saturated rings. The van der Waals surface area contributed by atoms with Gasteiger partial charge in [0.05, 0.1) is 0 Å². The van der Waals surface area contributed by atoms with Gasteiger partial charge >= 0.3 is 0 Å². The van der Waals surface area contributed by atoms with Gasteiger partial charge in [0.1, 0.15) is 22.1 Å². The lowest BCUT2D eigenvalue weighted by atomic mass is 10.3. The first-order valence-corrected chi connectivity index (χ1v) is 10.00. The van der Waals surface area contributed by atoms with E-state index in [-0.39, 0.29) is 11.4 Å². The van der Waals surface area contributed by atoms with Crippen LogP contribution >= 0.6 is 0 Å². The topological polar surface area (TPSA) is 179 Å². The highest BCUT2D eigenvalue weighted by Crippen LogP contribution is 2.28. The van der Waals surface area contributed by atoms with Crippen molar-refractivity contribution < 1.29 is 35.4 Å². The van der Waals surface area contributed by atoms with Crippen molar-refractivity contribution in [1.29, 1.82) is 0 Å². The molecule has 0 aliphatic heterocycles. The summed E-state index contributed by atoms with van der Waals surface area (Å²) in [6, 6.07) is 9.11. The van der Waals surface area contributed by atoms with Crippen molar-refractivity contribution in [3.05, 3.63) is 42.5 Å². The standard InChI is InChI=1S/C14H16N2O8S2/c15-9-1-4-11(5-2-9)23-14(8-25(17,18)19)24-12-6-3-10(16)7-13(12)26(20,21)22/h1-7,14H,8,15-16H2,(H,17,18,19)(H,20,21,22). The van der Waals surface area contributed by atoms with Gasteiger partial charge in [0.25, 0.3) is 26.5 Å². The Bertz CT molecular complexity index is 988. The molecule has 0 aliphatic rings. The van der Waals surface area contributed by atoms with E-state index in [9.17, 15) is 21.4 Å². The van der Waals surface area contributed by atoms with Gasteiger partial charge in [0, 0.05) is 11.4 Å². The molecular formula is C14H16N2O8S2. The molecule has 1 atom stereocenters. The largest absolute Gasteiger partial charge is 0.454 e. The third kappa shape index (κ3) is 5.77. The molecule has 2 rings (SSSR count). The van der Waals surface area contributed by atoms with Gasteiger partial charge in [-0.2, -0.15) is 16.8 Å². The fraction of sp³-hybridized carbons (Fsp3) is 0.143. The Balaban J connectivity index is 2.37. The van der Waals surface area contributed by atoms with Crippen LogP contribution in [0.3, 0.4) is 0 Å². The van der Waals surface area contributed by atoms with Crippen LogP contribution in [0.5, 0.6) is 11.5 Å². The molecule has 142 valence electrons. The second kappa shape index (κ2) is 7.37. The Morgan fingerprint density at radius 3 is 2.00 bits per heavy atom. The monoisotopic (exact) mass is 404 g/mol. The summed E-state index contributed by atoms with van der Waals surface area (Å²) in [5.41, 5.74) is 11.5. The van der Waals surface area contributed by atoms with E-state index in [1.807, 2.05) is 0 Å². The summed E-state index contributed by atoms with van der Waals surface area (Å²) in [6.45, 7) is 0. The van der Waals surface area contributed by atoms with Gasteiger partial charge in [-0.25, -0.2) is 0 Å². The predicted molar refractivity (Wildman–Crippen MR) is 93.0 cm³/mol. The van der Waals surface area contributed by atoms with Crippen LogP contribution in [-0.4, -0.2) is 38.0 Å². The number of nitrogen functional groups attached to an aromatic ring is 2. The molecule has 0 bridgehead atoms. The number of hydrogen-bond acceptors (Lipinski definition) is 8. The SMILES string of the molecule is Nc1ccc(OC(CS(=O)(=O)O)Oc2ccc(N)cc2S(=O)(=O)O)cc1. The van der Waals surface area contributed by atoms with Gasteiger partial charge in [-0.1, -0.05) is 0 Å². The molecule has 26 heavy (non-hydrogen) atoms. The van der Waals surface area contributed by atoms with Crippen molar-refractivity contribution in [2.75, 3.05) is 17.2 Å². The summed E-state index contributed by atoms with van der Waals surface area (Å²) >= 11 is 0. The third-order valence-corrected chi connectivity index (χ3v) is 4.57. The quantitative estimate of drug-likeness (QED) is 0.292. The van der Waals surface area contributed by atoms with E-state index in [0.717, 1.165) is 12.1 Å². The molecule has 2 aromatic carbocycles. The molecule has 0 saturated carbocycles. The number of hydrogen-bond donors (Lipinski definition) is 4. The second-order valence-electron chi connectivity index (χ2n) is 5.16. The lowest BCUT2D eigenvalue weighted by molar-refractivity contribution is 0.0216. The lowest BCUT2D eigenvalue weighted by Crippen LogP contribution is -2.32. The minimum atomic E-state index is -4.71. The first-order chi connectivity index (χ1) is 11.9. The van der Waals surface area contributed by atoms with Gasteiger partial charge in [0.15, 0.2) is 0 Å². The maximum Gasteiger partial charge on any atom is 0.298 e. The van der Waals surface area contributed by atoms with E-state index < -0.39 is 42.9 Å². The van der Waals surface area contributed by atoms with Crippen LogP contribution in [0.25, 0.3) is 0 Å². The molecule has 0 aromatic heterocycles. The average molecular weight is 404 g/mol. The third-order valence-electron chi connectivity index (χ3n) is 3.00. The Morgan fingerprint density at radius 1 is 0.885 bits per heavy atom. The first kappa shape index (κ1) is 19.8. The number of ether oxygens (including phenoxy) is 2. The van der Waals surface area contributed by atoms with Crippen LogP contribution in [-0.2, 0) is 20.2 Å². The molecule has 0 saturated heterocycles. The molecule has 0 aliphatic carbocycles. The molecular weight excluding hydrogens is 388 g/mol. The zero-order valence-corrected chi connectivity index (χ0v) is 14.8. The van der Waals surface area contributed by atoms with Gasteiger partial charge < -0.3 is 20.9 Å². The fourth-order valence-corrected chi connectivity index (χ4v) is 3.06. The van der Waals surface area contributed by atoms with E-state index in [2.05, 4.69) is 0 Å².